The number of aromatic amines is 1. The number of nitrogen functional groups attached to an aromatic ring is 1. The number of hydrogen-bond acceptors (Lipinski definition) is 5. The van der Waals surface area contributed by atoms with Crippen LogP contribution in [0.1, 0.15) is 22.8 Å². The van der Waals surface area contributed by atoms with Crippen molar-refractivity contribution in [2.75, 3.05) is 16.4 Å². The van der Waals surface area contributed by atoms with E-state index in [1.165, 1.54) is 6.92 Å². The number of alkyl halides is 3. The van der Waals surface area contributed by atoms with Crippen molar-refractivity contribution in [2.45, 2.75) is 13.1 Å². The summed E-state index contributed by atoms with van der Waals surface area (Å²) in [5.41, 5.74) is 7.08. The van der Waals surface area contributed by atoms with Gasteiger partial charge < -0.3 is 16.4 Å². The third kappa shape index (κ3) is 4.47. The molecule has 2 amide bonds. The lowest BCUT2D eigenvalue weighted by Gasteiger charge is -2.14. The van der Waals surface area contributed by atoms with Crippen LogP contribution in [0.5, 0.6) is 0 Å². The molecule has 2 heterocycles. The van der Waals surface area contributed by atoms with Crippen molar-refractivity contribution >= 4 is 39.9 Å². The number of rotatable bonds is 4. The van der Waals surface area contributed by atoms with Gasteiger partial charge in [-0.2, -0.15) is 18.3 Å². The van der Waals surface area contributed by atoms with Crippen LogP contribution in [-0.4, -0.2) is 27.0 Å². The molecular weight excluding hydrogens is 437 g/mol. The Hall–Kier alpha value is -4.41. The molecule has 0 atom stereocenters. The van der Waals surface area contributed by atoms with Gasteiger partial charge in [-0.25, -0.2) is 4.79 Å². The van der Waals surface area contributed by atoms with Gasteiger partial charge in [0, 0.05) is 23.0 Å². The summed E-state index contributed by atoms with van der Waals surface area (Å²) in [5, 5.41) is 12.3. The summed E-state index contributed by atoms with van der Waals surface area (Å²) in [6.07, 6.45) is -3.01. The summed E-state index contributed by atoms with van der Waals surface area (Å²) in [7, 11) is 0. The van der Waals surface area contributed by atoms with Crippen LogP contribution >= 0.6 is 0 Å². The van der Waals surface area contributed by atoms with E-state index in [-0.39, 0.29) is 11.3 Å². The van der Waals surface area contributed by atoms with Gasteiger partial charge in [-0.1, -0.05) is 12.1 Å². The fourth-order valence-electron chi connectivity index (χ4n) is 3.34. The zero-order chi connectivity index (χ0) is 23.8. The van der Waals surface area contributed by atoms with E-state index in [1.54, 1.807) is 36.5 Å². The molecule has 0 spiro atoms. The Morgan fingerprint density at radius 3 is 2.42 bits per heavy atom. The molecule has 2 aromatic carbocycles. The number of anilines is 3. The number of pyridine rings is 1. The molecular formula is C22H17F3N6O2. The van der Waals surface area contributed by atoms with Crippen LogP contribution in [0.15, 0.2) is 54.7 Å². The number of nitrogens with one attached hydrogen (secondary N) is 3. The smallest absolute Gasteiger partial charge is 0.382 e. The molecule has 0 radical (unpaired) electrons. The number of aromatic nitrogens is 3. The molecule has 8 nitrogen and oxygen atoms in total. The van der Waals surface area contributed by atoms with E-state index in [0.29, 0.717) is 22.6 Å². The first kappa shape index (κ1) is 21.8. The standard InChI is InChI=1S/C22H17F3N6O2/c1-11(32)15-7-4-13(22(23,24)25)10-17(15)29-21(33)28-14-5-2-12(3-6-14)19-18-16(8-9-27-19)30-31-20(18)26/h2-10H,1H3,(H3,26,30,31)(H2,28,29,33). The van der Waals surface area contributed by atoms with Gasteiger partial charge in [0.1, 0.15) is 0 Å². The molecule has 4 aromatic rings. The number of amides is 2. The Morgan fingerprint density at radius 2 is 1.76 bits per heavy atom. The molecule has 0 aliphatic carbocycles. The molecule has 5 N–H and O–H groups in total. The number of nitrogens with zero attached hydrogens (tertiary/aromatic N) is 2. The van der Waals surface area contributed by atoms with Gasteiger partial charge in [0.15, 0.2) is 11.6 Å². The Labute approximate surface area is 185 Å². The van der Waals surface area contributed by atoms with Crippen LogP contribution in [0.25, 0.3) is 22.2 Å². The summed E-state index contributed by atoms with van der Waals surface area (Å²) in [5.74, 6) is -0.180. The normalized spacial score (nSPS) is 11.4. The van der Waals surface area contributed by atoms with E-state index < -0.39 is 23.6 Å². The Bertz CT molecular complexity index is 1360. The summed E-state index contributed by atoms with van der Waals surface area (Å²) in [4.78, 5) is 28.5. The zero-order valence-corrected chi connectivity index (χ0v) is 17.1. The number of urea groups is 1. The maximum Gasteiger partial charge on any atom is 0.416 e. The van der Waals surface area contributed by atoms with Crippen LogP contribution in [0.3, 0.4) is 0 Å². The molecule has 33 heavy (non-hydrogen) atoms. The predicted molar refractivity (Wildman–Crippen MR) is 118 cm³/mol. The van der Waals surface area contributed by atoms with Crippen molar-refractivity contribution in [1.82, 2.24) is 15.2 Å². The second-order valence-electron chi connectivity index (χ2n) is 7.16. The maximum atomic E-state index is 13.0. The number of nitrogens with two attached hydrogens (primary N) is 1. The highest BCUT2D eigenvalue weighted by molar-refractivity contribution is 6.07. The largest absolute Gasteiger partial charge is 0.416 e. The second-order valence-corrected chi connectivity index (χ2v) is 7.16. The first-order chi connectivity index (χ1) is 15.6. The average molecular weight is 454 g/mol. The van der Waals surface area contributed by atoms with Crippen molar-refractivity contribution in [3.05, 3.63) is 65.9 Å². The quantitative estimate of drug-likeness (QED) is 0.320. The number of ketones is 1. The summed E-state index contributed by atoms with van der Waals surface area (Å²) < 4.78 is 39.1. The number of benzene rings is 2. The number of Topliss-reactive ketones (excluding diaryl/α,β-unsaturated/α-hetero) is 1. The topological polar surface area (TPSA) is 126 Å². The average Bonchev–Trinajstić information content (AvgIpc) is 3.14. The van der Waals surface area contributed by atoms with E-state index in [0.717, 1.165) is 29.3 Å². The van der Waals surface area contributed by atoms with E-state index in [2.05, 4.69) is 25.8 Å². The molecule has 0 bridgehead atoms. The highest BCUT2D eigenvalue weighted by Gasteiger charge is 2.31. The maximum absolute atomic E-state index is 13.0. The van der Waals surface area contributed by atoms with Crippen molar-refractivity contribution in [2.24, 2.45) is 0 Å². The number of carbonyl (C=O) groups is 2. The molecule has 0 aliphatic rings. The number of H-pyrrole nitrogens is 1. The van der Waals surface area contributed by atoms with Crippen LogP contribution in [0.2, 0.25) is 0 Å². The highest BCUT2D eigenvalue weighted by atomic mass is 19.4. The SMILES string of the molecule is CC(=O)c1ccc(C(F)(F)F)cc1NC(=O)Nc1ccc(-c2nccc3[nH]nc(N)c23)cc1. The van der Waals surface area contributed by atoms with Gasteiger partial charge in [0.05, 0.1) is 27.8 Å². The van der Waals surface area contributed by atoms with Crippen molar-refractivity contribution in [1.29, 1.82) is 0 Å². The lowest BCUT2D eigenvalue weighted by molar-refractivity contribution is -0.137. The fraction of sp³-hybridized carbons (Fsp3) is 0.0909. The van der Waals surface area contributed by atoms with Crippen LogP contribution in [-0.2, 0) is 6.18 Å². The third-order valence-electron chi connectivity index (χ3n) is 4.89. The predicted octanol–water partition coefficient (Wildman–Crippen LogP) is 5.07. The third-order valence-corrected chi connectivity index (χ3v) is 4.89. The van der Waals surface area contributed by atoms with Crippen LogP contribution < -0.4 is 16.4 Å². The first-order valence-electron chi connectivity index (χ1n) is 9.62. The molecule has 168 valence electrons. The minimum absolute atomic E-state index is 0.0367. The van der Waals surface area contributed by atoms with Crippen molar-refractivity contribution in [3.63, 3.8) is 0 Å². The Kier molecular flexibility index (Phi) is 5.46. The van der Waals surface area contributed by atoms with Crippen LogP contribution in [0, 0.1) is 0 Å². The van der Waals surface area contributed by atoms with Gasteiger partial charge in [-0.15, -0.1) is 0 Å². The summed E-state index contributed by atoms with van der Waals surface area (Å²) >= 11 is 0. The van der Waals surface area contributed by atoms with Crippen LogP contribution in [0.4, 0.5) is 35.2 Å². The number of hydrogen-bond donors (Lipinski definition) is 4. The monoisotopic (exact) mass is 454 g/mol. The van der Waals surface area contributed by atoms with Gasteiger partial charge in [-0.05, 0) is 43.3 Å². The number of fused-ring (bicyclic) bond motifs is 1. The van der Waals surface area contributed by atoms with Gasteiger partial charge in [0.25, 0.3) is 0 Å². The fourth-order valence-corrected chi connectivity index (χ4v) is 3.34. The molecule has 0 unspecified atom stereocenters. The lowest BCUT2D eigenvalue weighted by Crippen LogP contribution is -2.21. The van der Waals surface area contributed by atoms with Crippen molar-refractivity contribution < 1.29 is 22.8 Å². The van der Waals surface area contributed by atoms with Gasteiger partial charge in [0.2, 0.25) is 0 Å². The van der Waals surface area contributed by atoms with E-state index in [1.807, 2.05) is 0 Å². The minimum Gasteiger partial charge on any atom is -0.382 e. The lowest BCUT2D eigenvalue weighted by atomic mass is 10.1. The minimum atomic E-state index is -4.62. The second kappa shape index (κ2) is 8.26. The van der Waals surface area contributed by atoms with Crippen molar-refractivity contribution in [3.8, 4) is 11.3 Å². The summed E-state index contributed by atoms with van der Waals surface area (Å²) in [6, 6.07) is 10.1. The van der Waals surface area contributed by atoms with Gasteiger partial charge in [-0.3, -0.25) is 14.9 Å². The Morgan fingerprint density at radius 1 is 1.03 bits per heavy atom. The summed E-state index contributed by atoms with van der Waals surface area (Å²) in [6.45, 7) is 1.20. The van der Waals surface area contributed by atoms with E-state index in [9.17, 15) is 22.8 Å². The Balaban J connectivity index is 1.54. The molecule has 2 aromatic heterocycles. The van der Waals surface area contributed by atoms with E-state index >= 15 is 0 Å². The highest BCUT2D eigenvalue weighted by Crippen LogP contribution is 2.33. The molecule has 0 saturated carbocycles. The van der Waals surface area contributed by atoms with E-state index in [4.69, 9.17) is 5.73 Å². The molecule has 0 aliphatic heterocycles. The number of halogens is 3. The zero-order valence-electron chi connectivity index (χ0n) is 17.1. The molecule has 11 heteroatoms. The molecule has 4 rings (SSSR count). The molecule has 0 fully saturated rings. The first-order valence-corrected chi connectivity index (χ1v) is 9.62. The number of carbonyl (C=O) groups excluding carboxylic acids is 2. The molecule has 0 saturated heterocycles. The van der Waals surface area contributed by atoms with Gasteiger partial charge >= 0.3 is 12.2 Å².